The van der Waals surface area contributed by atoms with Gasteiger partial charge < -0.3 is 9.64 Å². The van der Waals surface area contributed by atoms with E-state index in [9.17, 15) is 23.2 Å². The fourth-order valence-corrected chi connectivity index (χ4v) is 4.02. The van der Waals surface area contributed by atoms with Crippen LogP contribution < -0.4 is 0 Å². The molecule has 2 aliphatic rings. The molecule has 30 heavy (non-hydrogen) atoms. The van der Waals surface area contributed by atoms with Crippen LogP contribution in [0.25, 0.3) is 0 Å². The van der Waals surface area contributed by atoms with Gasteiger partial charge in [0.15, 0.2) is 0 Å². The molecule has 0 fully saturated rings. The third-order valence-corrected chi connectivity index (χ3v) is 5.48. The quantitative estimate of drug-likeness (QED) is 0.651. The van der Waals surface area contributed by atoms with Crippen LogP contribution in [0.2, 0.25) is 0 Å². The van der Waals surface area contributed by atoms with Crippen molar-refractivity contribution in [1.82, 2.24) is 4.90 Å². The molecule has 0 saturated heterocycles. The molecule has 0 saturated carbocycles. The maximum absolute atomic E-state index is 14.7. The molecule has 1 aromatic carbocycles. The van der Waals surface area contributed by atoms with E-state index in [1.807, 2.05) is 6.07 Å². The van der Waals surface area contributed by atoms with Gasteiger partial charge in [-0.2, -0.15) is 18.4 Å². The zero-order chi connectivity index (χ0) is 21.9. The molecule has 1 atom stereocenters. The van der Waals surface area contributed by atoms with Gasteiger partial charge in [-0.3, -0.25) is 4.79 Å². The number of benzene rings is 1. The number of nitriles is 1. The number of fused-ring (bicyclic) bond motifs is 1. The Morgan fingerprint density at radius 3 is 2.60 bits per heavy atom. The van der Waals surface area contributed by atoms with E-state index in [4.69, 9.17) is 4.74 Å². The number of allylic oxidation sites excluding steroid dienone is 3. The summed E-state index contributed by atoms with van der Waals surface area (Å²) in [6.45, 7) is 3.55. The average molecular weight is 433 g/mol. The number of alkyl halides is 3. The summed E-state index contributed by atoms with van der Waals surface area (Å²) in [6, 6.07) is 7.85. The van der Waals surface area contributed by atoms with Crippen LogP contribution in [-0.4, -0.2) is 34.4 Å². The van der Waals surface area contributed by atoms with E-state index < -0.39 is 17.8 Å². The number of thioether (sulfide) groups is 1. The predicted octanol–water partition coefficient (Wildman–Crippen LogP) is 4.58. The lowest BCUT2D eigenvalue weighted by Gasteiger charge is -2.45. The number of ether oxygens (including phenoxy) is 1. The van der Waals surface area contributed by atoms with Gasteiger partial charge in [0.25, 0.3) is 5.66 Å². The molecule has 3 rings (SSSR count). The van der Waals surface area contributed by atoms with Crippen LogP contribution >= 0.6 is 11.8 Å². The van der Waals surface area contributed by atoms with Gasteiger partial charge in [0.1, 0.15) is 16.7 Å². The lowest BCUT2D eigenvalue weighted by atomic mass is 9.92. The Bertz CT molecular complexity index is 1000. The first-order chi connectivity index (χ1) is 14.2. The minimum atomic E-state index is -4.82. The Morgan fingerprint density at radius 1 is 1.30 bits per heavy atom. The summed E-state index contributed by atoms with van der Waals surface area (Å²) in [5.41, 5.74) is -2.02. The van der Waals surface area contributed by atoms with Crippen molar-refractivity contribution in [2.75, 3.05) is 12.4 Å². The average Bonchev–Trinajstić information content (AvgIpc) is 2.71. The molecule has 2 aliphatic heterocycles. The molecular formula is C21H18F3N3O2S. The second kappa shape index (κ2) is 8.40. The maximum atomic E-state index is 14.7. The summed E-state index contributed by atoms with van der Waals surface area (Å²) < 4.78 is 48.8. The van der Waals surface area contributed by atoms with E-state index in [0.717, 1.165) is 22.2 Å². The largest absolute Gasteiger partial charge is 0.465 e. The highest BCUT2D eigenvalue weighted by molar-refractivity contribution is 8.15. The minimum absolute atomic E-state index is 0.0307. The van der Waals surface area contributed by atoms with Gasteiger partial charge in [-0.1, -0.05) is 47.7 Å². The van der Waals surface area contributed by atoms with Crippen LogP contribution in [0.1, 0.15) is 18.1 Å². The van der Waals surface area contributed by atoms with E-state index >= 15 is 0 Å². The second-order valence-corrected chi connectivity index (χ2v) is 7.45. The smallest absolute Gasteiger partial charge is 0.437 e. The molecular weight excluding hydrogens is 415 g/mol. The Labute approximate surface area is 176 Å². The van der Waals surface area contributed by atoms with E-state index in [-0.39, 0.29) is 34.2 Å². The monoisotopic (exact) mass is 433 g/mol. The predicted molar refractivity (Wildman–Crippen MR) is 108 cm³/mol. The van der Waals surface area contributed by atoms with Crippen molar-refractivity contribution in [2.45, 2.75) is 25.7 Å². The van der Waals surface area contributed by atoms with Crippen LogP contribution in [0.4, 0.5) is 13.2 Å². The highest BCUT2D eigenvalue weighted by Gasteiger charge is 2.62. The third-order valence-electron chi connectivity index (χ3n) is 4.54. The molecule has 0 N–H and O–H groups in total. The number of hydrogen-bond donors (Lipinski definition) is 0. The lowest BCUT2D eigenvalue weighted by Crippen LogP contribution is -2.55. The van der Waals surface area contributed by atoms with Crippen molar-refractivity contribution in [1.29, 1.82) is 5.26 Å². The third kappa shape index (κ3) is 3.75. The van der Waals surface area contributed by atoms with Crippen molar-refractivity contribution in [2.24, 2.45) is 4.99 Å². The molecule has 0 aromatic heterocycles. The van der Waals surface area contributed by atoms with Gasteiger partial charge in [0, 0.05) is 11.8 Å². The lowest BCUT2D eigenvalue weighted by molar-refractivity contribution is -0.222. The number of carbonyl (C=O) groups is 1. The zero-order valence-electron chi connectivity index (χ0n) is 16.2. The number of nitrogens with zero attached hydrogens (tertiary/aromatic N) is 3. The topological polar surface area (TPSA) is 65.7 Å². The van der Waals surface area contributed by atoms with Gasteiger partial charge in [0.05, 0.1) is 18.1 Å². The van der Waals surface area contributed by atoms with E-state index in [1.54, 1.807) is 32.1 Å². The minimum Gasteiger partial charge on any atom is -0.465 e. The molecule has 0 radical (unpaired) electrons. The number of hydrogen-bond acceptors (Lipinski definition) is 6. The van der Waals surface area contributed by atoms with Gasteiger partial charge in [-0.25, -0.2) is 4.99 Å². The Hall–Kier alpha value is -2.99. The second-order valence-electron chi connectivity index (χ2n) is 6.49. The van der Waals surface area contributed by atoms with Crippen molar-refractivity contribution >= 4 is 22.8 Å². The first-order valence-electron chi connectivity index (χ1n) is 9.05. The highest BCUT2D eigenvalue weighted by atomic mass is 32.2. The first-order valence-corrected chi connectivity index (χ1v) is 10.0. The summed E-state index contributed by atoms with van der Waals surface area (Å²) in [7, 11) is 0. The number of rotatable bonds is 4. The Balaban J connectivity index is 2.21. The molecule has 5 nitrogen and oxygen atoms in total. The standard InChI is InChI=1S/C21H18F3N3O2S/c1-3-29-18(28)13-30-19-16(12-25)17-6-4-5-11-27(17)20(26-19,21(22,23)24)15-9-7-14(2)8-10-15/h4-11H,3,13H2,1-2H3/t20-/m0/s1. The zero-order valence-corrected chi connectivity index (χ0v) is 17.0. The van der Waals surface area contributed by atoms with Crippen LogP contribution in [0, 0.1) is 18.3 Å². The van der Waals surface area contributed by atoms with Crippen LogP contribution in [0.15, 0.2) is 65.0 Å². The Kier molecular flexibility index (Phi) is 6.08. The van der Waals surface area contributed by atoms with Gasteiger partial charge in [-0.15, -0.1) is 0 Å². The SMILES string of the molecule is CCOC(=O)CSC1=N[C@](c2ccc(C)cc2)(C(F)(F)F)N2C=CC=CC2=C1C#N. The molecule has 0 unspecified atom stereocenters. The van der Waals surface area contributed by atoms with Crippen molar-refractivity contribution in [3.8, 4) is 6.07 Å². The summed E-state index contributed by atoms with van der Waals surface area (Å²) in [6.07, 6.45) is 0.890. The number of aryl methyl sites for hydroxylation is 1. The molecule has 0 amide bonds. The van der Waals surface area contributed by atoms with Crippen molar-refractivity contribution in [3.63, 3.8) is 0 Å². The van der Waals surface area contributed by atoms with E-state index in [1.165, 1.54) is 30.5 Å². The molecule has 1 aromatic rings. The summed E-state index contributed by atoms with van der Waals surface area (Å²) in [5.74, 6) is -0.853. The molecule has 0 spiro atoms. The highest BCUT2D eigenvalue weighted by Crippen LogP contribution is 2.51. The van der Waals surface area contributed by atoms with Crippen LogP contribution in [0.5, 0.6) is 0 Å². The van der Waals surface area contributed by atoms with Gasteiger partial charge in [0.2, 0.25) is 0 Å². The number of esters is 1. The maximum Gasteiger partial charge on any atom is 0.437 e. The molecule has 9 heteroatoms. The van der Waals surface area contributed by atoms with E-state index in [2.05, 4.69) is 4.99 Å². The summed E-state index contributed by atoms with van der Waals surface area (Å²) in [5, 5.41) is 9.51. The fourth-order valence-electron chi connectivity index (χ4n) is 3.19. The van der Waals surface area contributed by atoms with Crippen molar-refractivity contribution < 1.29 is 22.7 Å². The van der Waals surface area contributed by atoms with Crippen LogP contribution in [-0.2, 0) is 15.2 Å². The van der Waals surface area contributed by atoms with Crippen LogP contribution in [0.3, 0.4) is 0 Å². The molecule has 156 valence electrons. The number of carbonyl (C=O) groups excluding carboxylic acids is 1. The van der Waals surface area contributed by atoms with Crippen molar-refractivity contribution in [3.05, 3.63) is 71.1 Å². The number of halogens is 3. The first kappa shape index (κ1) is 21.7. The molecule has 0 aliphatic carbocycles. The number of aliphatic imine (C=N–C) groups is 1. The Morgan fingerprint density at radius 2 is 2.00 bits per heavy atom. The van der Waals surface area contributed by atoms with E-state index in [0.29, 0.717) is 0 Å². The van der Waals surface area contributed by atoms with Gasteiger partial charge in [-0.05, 0) is 26.0 Å². The fraction of sp³-hybridized carbons (Fsp3) is 0.286. The normalized spacial score (nSPS) is 20.5. The summed E-state index contributed by atoms with van der Waals surface area (Å²) >= 11 is 0.761. The molecule has 2 heterocycles. The molecule has 0 bridgehead atoms. The van der Waals surface area contributed by atoms with Gasteiger partial charge >= 0.3 is 12.1 Å². The summed E-state index contributed by atoms with van der Waals surface area (Å²) in [4.78, 5) is 16.8.